The first-order valence-electron chi connectivity index (χ1n) is 13.6. The zero-order valence-electron chi connectivity index (χ0n) is 22.3. The van der Waals surface area contributed by atoms with Crippen LogP contribution < -0.4 is 10.6 Å². The summed E-state index contributed by atoms with van der Waals surface area (Å²) in [4.78, 5) is 34.1. The molecule has 1 aromatic heterocycles. The molecule has 9 heteroatoms. The fourth-order valence-electron chi connectivity index (χ4n) is 6.95. The smallest absolute Gasteiger partial charge is 0.229 e. The fraction of sp³-hybridized carbons (Fsp3) is 0.815. The average Bonchev–Trinajstić information content (AvgIpc) is 3.25. The Morgan fingerprint density at radius 2 is 1.89 bits per heavy atom. The molecule has 5 atom stereocenters. The minimum Gasteiger partial charge on any atom is -0.396 e. The molecule has 5 unspecified atom stereocenters. The molecule has 2 saturated carbocycles. The number of likely N-dealkylation sites (N-methyl/N-ethyl adjacent to an activating group) is 1. The number of aliphatic hydroxyl groups is 2. The molecule has 1 heterocycles. The van der Waals surface area contributed by atoms with Gasteiger partial charge >= 0.3 is 0 Å². The zero-order valence-corrected chi connectivity index (χ0v) is 23.1. The normalized spacial score (nSPS) is 32.6. The summed E-state index contributed by atoms with van der Waals surface area (Å²) in [5.41, 5.74) is -0.0293. The third-order valence-corrected chi connectivity index (χ3v) is 10.4. The molecule has 0 spiro atoms. The molecule has 0 bridgehead atoms. The molecular formula is C27H44N4O4S. The van der Waals surface area contributed by atoms with Crippen molar-refractivity contribution in [3.8, 4) is 0 Å². The predicted octanol–water partition coefficient (Wildman–Crippen LogP) is 3.15. The number of aliphatic hydroxyl groups excluding tert-OH is 2. The summed E-state index contributed by atoms with van der Waals surface area (Å²) in [6.07, 6.45) is 7.02. The highest BCUT2D eigenvalue weighted by molar-refractivity contribution is 7.15. The first-order valence-corrected chi connectivity index (χ1v) is 14.4. The highest BCUT2D eigenvalue weighted by Gasteiger charge is 2.59. The van der Waals surface area contributed by atoms with E-state index in [1.54, 1.807) is 0 Å². The van der Waals surface area contributed by atoms with E-state index in [9.17, 15) is 19.8 Å². The van der Waals surface area contributed by atoms with Gasteiger partial charge in [0, 0.05) is 41.6 Å². The molecule has 2 fully saturated rings. The standard InChI is InChI=1S/C27H44N4O4S/c1-26-11-10-21(33)27(2,16-32)20(26)15-19-23(18(26)14-22(34)28-12-13-31(3)4)29-25(36-19)30-24(35)17-8-6-5-7-9-17/h17-18,20-21,32-33H,5-16H2,1-4H3,(H,28,34)(H,29,30,35). The minimum atomic E-state index is -0.653. The van der Waals surface area contributed by atoms with E-state index >= 15 is 0 Å². The van der Waals surface area contributed by atoms with Crippen LogP contribution in [-0.2, 0) is 16.0 Å². The van der Waals surface area contributed by atoms with Crippen molar-refractivity contribution in [2.45, 2.75) is 83.7 Å². The number of fused-ring (bicyclic) bond motifs is 2. The van der Waals surface area contributed by atoms with Gasteiger partial charge < -0.3 is 25.7 Å². The largest absolute Gasteiger partial charge is 0.396 e. The fourth-order valence-corrected chi connectivity index (χ4v) is 8.02. The van der Waals surface area contributed by atoms with Gasteiger partial charge in [0.2, 0.25) is 11.8 Å². The second kappa shape index (κ2) is 11.1. The van der Waals surface area contributed by atoms with Gasteiger partial charge in [-0.15, -0.1) is 11.3 Å². The van der Waals surface area contributed by atoms with Crippen molar-refractivity contribution < 1.29 is 19.8 Å². The van der Waals surface area contributed by atoms with Gasteiger partial charge in [0.25, 0.3) is 0 Å². The Hall–Kier alpha value is -1.55. The lowest BCUT2D eigenvalue weighted by Crippen LogP contribution is -2.57. The number of hydrogen-bond donors (Lipinski definition) is 4. The molecule has 2 amide bonds. The summed E-state index contributed by atoms with van der Waals surface area (Å²) in [7, 11) is 3.96. The number of thiazole rings is 1. The van der Waals surface area contributed by atoms with E-state index in [-0.39, 0.29) is 41.6 Å². The molecule has 4 rings (SSSR count). The molecule has 8 nitrogen and oxygen atoms in total. The summed E-state index contributed by atoms with van der Waals surface area (Å²) in [6, 6.07) is 0. The summed E-state index contributed by atoms with van der Waals surface area (Å²) < 4.78 is 0. The van der Waals surface area contributed by atoms with Gasteiger partial charge in [-0.25, -0.2) is 4.98 Å². The van der Waals surface area contributed by atoms with Gasteiger partial charge in [-0.3, -0.25) is 9.59 Å². The predicted molar refractivity (Wildman–Crippen MR) is 142 cm³/mol. The monoisotopic (exact) mass is 520 g/mol. The summed E-state index contributed by atoms with van der Waals surface area (Å²) in [6.45, 7) is 5.43. The molecule has 202 valence electrons. The zero-order chi connectivity index (χ0) is 26.1. The average molecular weight is 521 g/mol. The van der Waals surface area contributed by atoms with Crippen LogP contribution in [0.4, 0.5) is 5.13 Å². The van der Waals surface area contributed by atoms with Crippen LogP contribution in [0.1, 0.15) is 81.7 Å². The van der Waals surface area contributed by atoms with E-state index in [0.29, 0.717) is 30.9 Å². The van der Waals surface area contributed by atoms with Crippen LogP contribution in [0.5, 0.6) is 0 Å². The van der Waals surface area contributed by atoms with Crippen molar-refractivity contribution in [2.24, 2.45) is 22.7 Å². The van der Waals surface area contributed by atoms with Crippen LogP contribution >= 0.6 is 11.3 Å². The second-order valence-corrected chi connectivity index (χ2v) is 13.1. The Labute approximate surface area is 219 Å². The van der Waals surface area contributed by atoms with E-state index in [1.165, 1.54) is 17.8 Å². The molecule has 0 aromatic carbocycles. The van der Waals surface area contributed by atoms with Crippen molar-refractivity contribution in [1.29, 1.82) is 0 Å². The molecule has 0 saturated heterocycles. The van der Waals surface area contributed by atoms with Crippen LogP contribution in [0.3, 0.4) is 0 Å². The van der Waals surface area contributed by atoms with Gasteiger partial charge in [0.15, 0.2) is 5.13 Å². The maximum atomic E-state index is 13.1. The summed E-state index contributed by atoms with van der Waals surface area (Å²) >= 11 is 1.50. The lowest BCUT2D eigenvalue weighted by Gasteiger charge is -2.58. The number of carbonyl (C=O) groups is 2. The first-order chi connectivity index (χ1) is 17.1. The number of aromatic nitrogens is 1. The van der Waals surface area contributed by atoms with E-state index in [4.69, 9.17) is 4.98 Å². The molecular weight excluding hydrogens is 476 g/mol. The van der Waals surface area contributed by atoms with Crippen molar-refractivity contribution in [3.05, 3.63) is 10.6 Å². The van der Waals surface area contributed by atoms with Crippen molar-refractivity contribution >= 4 is 28.3 Å². The number of amides is 2. The minimum absolute atomic E-state index is 0.00714. The lowest BCUT2D eigenvalue weighted by molar-refractivity contribution is -0.144. The molecule has 1 aromatic rings. The highest BCUT2D eigenvalue weighted by Crippen LogP contribution is 2.62. The van der Waals surface area contributed by atoms with E-state index in [2.05, 4.69) is 17.6 Å². The van der Waals surface area contributed by atoms with Gasteiger partial charge in [-0.05, 0) is 57.5 Å². The number of nitrogens with zero attached hydrogens (tertiary/aromatic N) is 2. The first kappa shape index (κ1) is 27.5. The van der Waals surface area contributed by atoms with Gasteiger partial charge in [0.05, 0.1) is 18.4 Å². The van der Waals surface area contributed by atoms with E-state index in [1.807, 2.05) is 25.9 Å². The Balaban J connectivity index is 1.62. The molecule has 3 aliphatic rings. The molecule has 36 heavy (non-hydrogen) atoms. The molecule has 0 radical (unpaired) electrons. The van der Waals surface area contributed by atoms with Gasteiger partial charge in [-0.1, -0.05) is 33.1 Å². The van der Waals surface area contributed by atoms with Crippen LogP contribution in [0.15, 0.2) is 0 Å². The quantitative estimate of drug-likeness (QED) is 0.419. The maximum Gasteiger partial charge on any atom is 0.229 e. The topological polar surface area (TPSA) is 115 Å². The third-order valence-electron chi connectivity index (χ3n) is 9.37. The SMILES string of the molecule is CN(C)CCNC(=O)CC1c2nc(NC(=O)C3CCCCC3)sc2CC2C(C)(CO)C(O)CCC12C. The van der Waals surface area contributed by atoms with Crippen molar-refractivity contribution in [3.63, 3.8) is 0 Å². The van der Waals surface area contributed by atoms with Crippen LogP contribution in [-0.4, -0.2) is 71.8 Å². The van der Waals surface area contributed by atoms with Crippen molar-refractivity contribution in [1.82, 2.24) is 15.2 Å². The Bertz CT molecular complexity index is 946. The van der Waals surface area contributed by atoms with Crippen LogP contribution in [0.2, 0.25) is 0 Å². The van der Waals surface area contributed by atoms with Crippen LogP contribution in [0.25, 0.3) is 0 Å². The number of hydrogen-bond acceptors (Lipinski definition) is 7. The summed E-state index contributed by atoms with van der Waals surface area (Å²) in [5.74, 6) is -0.0371. The Morgan fingerprint density at radius 3 is 2.56 bits per heavy atom. The molecule has 4 N–H and O–H groups in total. The van der Waals surface area contributed by atoms with Gasteiger partial charge in [0.1, 0.15) is 0 Å². The summed E-state index contributed by atoms with van der Waals surface area (Å²) in [5, 5.41) is 28.1. The van der Waals surface area contributed by atoms with E-state index in [0.717, 1.165) is 49.2 Å². The molecule has 3 aliphatic carbocycles. The highest BCUT2D eigenvalue weighted by atomic mass is 32.1. The second-order valence-electron chi connectivity index (χ2n) is 12.0. The number of nitrogens with one attached hydrogen (secondary N) is 2. The maximum absolute atomic E-state index is 13.1. The number of anilines is 1. The number of carbonyl (C=O) groups excluding carboxylic acids is 2. The van der Waals surface area contributed by atoms with E-state index < -0.39 is 11.5 Å². The third kappa shape index (κ3) is 5.35. The van der Waals surface area contributed by atoms with Crippen molar-refractivity contribution in [2.75, 3.05) is 39.1 Å². The lowest BCUT2D eigenvalue weighted by atomic mass is 9.47. The Morgan fingerprint density at radius 1 is 1.17 bits per heavy atom. The Kier molecular flexibility index (Phi) is 8.44. The van der Waals surface area contributed by atoms with Gasteiger partial charge in [-0.2, -0.15) is 0 Å². The number of rotatable bonds is 8. The van der Waals surface area contributed by atoms with Crippen LogP contribution in [0, 0.1) is 22.7 Å². The molecule has 0 aliphatic heterocycles.